The smallest absolute Gasteiger partial charge is 0.317 e. The predicted molar refractivity (Wildman–Crippen MR) is 96.5 cm³/mol. The lowest BCUT2D eigenvalue weighted by atomic mass is 10.1. The second-order valence-corrected chi connectivity index (χ2v) is 6.68. The number of urea groups is 1. The average Bonchev–Trinajstić information content (AvgIpc) is 2.79. The van der Waals surface area contributed by atoms with Crippen molar-refractivity contribution >= 4 is 17.6 Å². The predicted octanol–water partition coefficient (Wildman–Crippen LogP) is 2.02. The van der Waals surface area contributed by atoms with E-state index in [0.717, 1.165) is 12.1 Å². The first-order valence-corrected chi connectivity index (χ1v) is 8.50. The highest BCUT2D eigenvalue weighted by Crippen LogP contribution is 2.15. The lowest BCUT2D eigenvalue weighted by Gasteiger charge is -2.23. The molecule has 1 N–H and O–H groups in total. The SMILES string of the molecule is CC(C)NC(=O)N1CCCN(C(=O)c2ccc(N(C)C)cc2)CC1. The Morgan fingerprint density at radius 1 is 1.00 bits per heavy atom. The summed E-state index contributed by atoms with van der Waals surface area (Å²) in [5.74, 6) is 0.0337. The van der Waals surface area contributed by atoms with E-state index in [1.807, 2.05) is 62.0 Å². The van der Waals surface area contributed by atoms with Gasteiger partial charge in [-0.1, -0.05) is 0 Å². The van der Waals surface area contributed by atoms with Gasteiger partial charge in [0.1, 0.15) is 0 Å². The van der Waals surface area contributed by atoms with Crippen LogP contribution >= 0.6 is 0 Å². The number of carbonyl (C=O) groups is 2. The molecule has 1 fully saturated rings. The molecular weight excluding hydrogens is 304 g/mol. The fourth-order valence-electron chi connectivity index (χ4n) is 2.75. The largest absolute Gasteiger partial charge is 0.378 e. The summed E-state index contributed by atoms with van der Waals surface area (Å²) in [5.41, 5.74) is 1.76. The van der Waals surface area contributed by atoms with Gasteiger partial charge in [-0.3, -0.25) is 4.79 Å². The van der Waals surface area contributed by atoms with Crippen LogP contribution in [0.3, 0.4) is 0 Å². The first-order valence-electron chi connectivity index (χ1n) is 8.50. The van der Waals surface area contributed by atoms with Gasteiger partial charge in [-0.2, -0.15) is 0 Å². The Morgan fingerprint density at radius 2 is 1.58 bits per heavy atom. The molecule has 0 aliphatic carbocycles. The fourth-order valence-corrected chi connectivity index (χ4v) is 2.75. The molecule has 1 aromatic rings. The number of rotatable bonds is 3. The number of hydrogen-bond acceptors (Lipinski definition) is 3. The highest BCUT2D eigenvalue weighted by molar-refractivity contribution is 5.94. The van der Waals surface area contributed by atoms with Crippen molar-refractivity contribution in [1.29, 1.82) is 0 Å². The van der Waals surface area contributed by atoms with Crippen molar-refractivity contribution in [1.82, 2.24) is 15.1 Å². The third-order valence-electron chi connectivity index (χ3n) is 4.11. The third-order valence-corrected chi connectivity index (χ3v) is 4.11. The first-order chi connectivity index (χ1) is 11.4. The van der Waals surface area contributed by atoms with Crippen LogP contribution in [-0.2, 0) is 0 Å². The molecule has 6 nitrogen and oxygen atoms in total. The number of benzene rings is 1. The van der Waals surface area contributed by atoms with Crippen LogP contribution in [0.15, 0.2) is 24.3 Å². The van der Waals surface area contributed by atoms with E-state index in [4.69, 9.17) is 0 Å². The van der Waals surface area contributed by atoms with Crippen molar-refractivity contribution in [3.8, 4) is 0 Å². The molecule has 3 amide bonds. The molecule has 0 unspecified atom stereocenters. The Hall–Kier alpha value is -2.24. The Bertz CT molecular complexity index is 569. The van der Waals surface area contributed by atoms with Crippen molar-refractivity contribution in [2.45, 2.75) is 26.3 Å². The fraction of sp³-hybridized carbons (Fsp3) is 0.556. The standard InChI is InChI=1S/C18H28N4O2/c1-14(2)19-18(24)22-11-5-10-21(12-13-22)17(23)15-6-8-16(9-7-15)20(3)4/h6-9,14H,5,10-13H2,1-4H3,(H,19,24). The van der Waals surface area contributed by atoms with E-state index in [1.54, 1.807) is 4.90 Å². The minimum atomic E-state index is -0.0466. The summed E-state index contributed by atoms with van der Waals surface area (Å²) < 4.78 is 0. The minimum absolute atomic E-state index is 0.0337. The quantitative estimate of drug-likeness (QED) is 0.921. The van der Waals surface area contributed by atoms with E-state index in [-0.39, 0.29) is 18.0 Å². The van der Waals surface area contributed by atoms with Gasteiger partial charge in [0.05, 0.1) is 0 Å². The molecule has 132 valence electrons. The number of carbonyl (C=O) groups excluding carboxylic acids is 2. The van der Waals surface area contributed by atoms with Gasteiger partial charge < -0.3 is 20.0 Å². The van der Waals surface area contributed by atoms with Crippen LogP contribution in [0.25, 0.3) is 0 Å². The monoisotopic (exact) mass is 332 g/mol. The number of anilines is 1. The van der Waals surface area contributed by atoms with E-state index in [2.05, 4.69) is 5.32 Å². The highest BCUT2D eigenvalue weighted by atomic mass is 16.2. The molecule has 1 aromatic carbocycles. The lowest BCUT2D eigenvalue weighted by Crippen LogP contribution is -2.44. The molecule has 0 radical (unpaired) electrons. The van der Waals surface area contributed by atoms with Crippen LogP contribution in [0, 0.1) is 0 Å². The molecule has 1 heterocycles. The maximum atomic E-state index is 12.7. The third kappa shape index (κ3) is 4.63. The van der Waals surface area contributed by atoms with Gasteiger partial charge in [0.15, 0.2) is 0 Å². The number of nitrogens with zero attached hydrogens (tertiary/aromatic N) is 3. The maximum Gasteiger partial charge on any atom is 0.317 e. The van der Waals surface area contributed by atoms with Gasteiger partial charge in [-0.25, -0.2) is 4.79 Å². The number of hydrogen-bond donors (Lipinski definition) is 1. The van der Waals surface area contributed by atoms with Crippen LogP contribution in [0.1, 0.15) is 30.6 Å². The van der Waals surface area contributed by atoms with Gasteiger partial charge in [0, 0.05) is 57.6 Å². The molecule has 6 heteroatoms. The van der Waals surface area contributed by atoms with Crippen LogP contribution in [0.2, 0.25) is 0 Å². The zero-order valence-corrected chi connectivity index (χ0v) is 15.1. The van der Waals surface area contributed by atoms with Crippen molar-refractivity contribution < 1.29 is 9.59 Å². The molecule has 0 aromatic heterocycles. The van der Waals surface area contributed by atoms with Gasteiger partial charge in [-0.05, 0) is 44.5 Å². The zero-order chi connectivity index (χ0) is 17.7. The summed E-state index contributed by atoms with van der Waals surface area (Å²) in [4.78, 5) is 30.4. The van der Waals surface area contributed by atoms with Gasteiger partial charge in [0.25, 0.3) is 5.91 Å². The molecule has 0 spiro atoms. The summed E-state index contributed by atoms with van der Waals surface area (Å²) in [6, 6.07) is 7.71. The Kier molecular flexibility index (Phi) is 6.06. The van der Waals surface area contributed by atoms with Gasteiger partial charge in [-0.15, -0.1) is 0 Å². The second kappa shape index (κ2) is 8.04. The second-order valence-electron chi connectivity index (χ2n) is 6.68. The van der Waals surface area contributed by atoms with E-state index >= 15 is 0 Å². The molecule has 1 aliphatic heterocycles. The van der Waals surface area contributed by atoms with E-state index < -0.39 is 0 Å². The first kappa shape index (κ1) is 18.1. The number of amides is 3. The van der Waals surface area contributed by atoms with Crippen molar-refractivity contribution in [3.63, 3.8) is 0 Å². The van der Waals surface area contributed by atoms with Crippen LogP contribution < -0.4 is 10.2 Å². The highest BCUT2D eigenvalue weighted by Gasteiger charge is 2.23. The lowest BCUT2D eigenvalue weighted by molar-refractivity contribution is 0.0762. The van der Waals surface area contributed by atoms with Crippen LogP contribution in [0.4, 0.5) is 10.5 Å². The molecule has 24 heavy (non-hydrogen) atoms. The summed E-state index contributed by atoms with van der Waals surface area (Å²) in [6.45, 7) is 6.40. The van der Waals surface area contributed by atoms with Crippen molar-refractivity contribution in [2.24, 2.45) is 0 Å². The normalized spacial score (nSPS) is 15.2. The summed E-state index contributed by atoms with van der Waals surface area (Å²) in [5, 5.41) is 2.91. The van der Waals surface area contributed by atoms with E-state index in [9.17, 15) is 9.59 Å². The average molecular weight is 332 g/mol. The Balaban J connectivity index is 1.97. The molecular formula is C18H28N4O2. The summed E-state index contributed by atoms with van der Waals surface area (Å²) in [7, 11) is 3.95. The van der Waals surface area contributed by atoms with Crippen molar-refractivity contribution in [3.05, 3.63) is 29.8 Å². The Morgan fingerprint density at radius 3 is 2.17 bits per heavy atom. The van der Waals surface area contributed by atoms with E-state index in [0.29, 0.717) is 31.7 Å². The van der Waals surface area contributed by atoms with Crippen LogP contribution in [0.5, 0.6) is 0 Å². The number of nitrogens with one attached hydrogen (secondary N) is 1. The molecule has 0 atom stereocenters. The van der Waals surface area contributed by atoms with Gasteiger partial charge in [0.2, 0.25) is 0 Å². The zero-order valence-electron chi connectivity index (χ0n) is 15.1. The van der Waals surface area contributed by atoms with E-state index in [1.165, 1.54) is 0 Å². The minimum Gasteiger partial charge on any atom is -0.378 e. The maximum absolute atomic E-state index is 12.7. The summed E-state index contributed by atoms with van der Waals surface area (Å²) in [6.07, 6.45) is 0.799. The topological polar surface area (TPSA) is 55.9 Å². The summed E-state index contributed by atoms with van der Waals surface area (Å²) >= 11 is 0. The van der Waals surface area contributed by atoms with Crippen LogP contribution in [-0.4, -0.2) is 68.1 Å². The Labute approximate surface area is 144 Å². The van der Waals surface area contributed by atoms with Gasteiger partial charge >= 0.3 is 6.03 Å². The molecule has 2 rings (SSSR count). The molecule has 0 saturated carbocycles. The molecule has 0 bridgehead atoms. The molecule has 1 aliphatic rings. The molecule has 1 saturated heterocycles. The van der Waals surface area contributed by atoms with Crippen molar-refractivity contribution in [2.75, 3.05) is 45.2 Å².